The third-order valence-corrected chi connectivity index (χ3v) is 3.73. The molecule has 0 fully saturated rings. The van der Waals surface area contributed by atoms with Crippen molar-refractivity contribution in [2.45, 2.75) is 0 Å². The van der Waals surface area contributed by atoms with Gasteiger partial charge in [0, 0.05) is 36.6 Å². The second-order valence-electron chi connectivity index (χ2n) is 5.50. The molecule has 0 bridgehead atoms. The topological polar surface area (TPSA) is 86.9 Å². The molecule has 0 atom stereocenters. The molecule has 0 aliphatic carbocycles. The molecular weight excluding hydrogens is 335 g/mol. The summed E-state index contributed by atoms with van der Waals surface area (Å²) in [7, 11) is 0. The van der Waals surface area contributed by atoms with E-state index < -0.39 is 5.82 Å². The van der Waals surface area contributed by atoms with Gasteiger partial charge in [0.25, 0.3) is 11.8 Å². The predicted molar refractivity (Wildman–Crippen MR) is 95.1 cm³/mol. The van der Waals surface area contributed by atoms with Crippen molar-refractivity contribution < 1.29 is 14.0 Å². The molecule has 3 rings (SSSR count). The van der Waals surface area contributed by atoms with Gasteiger partial charge in [-0.05, 0) is 30.3 Å². The lowest BCUT2D eigenvalue weighted by atomic mass is 10.1. The van der Waals surface area contributed by atoms with Gasteiger partial charge in [-0.2, -0.15) is 0 Å². The van der Waals surface area contributed by atoms with Crippen LogP contribution in [0.3, 0.4) is 0 Å². The molecule has 26 heavy (non-hydrogen) atoms. The molecule has 1 aromatic heterocycles. The lowest BCUT2D eigenvalue weighted by Crippen LogP contribution is -2.34. The van der Waals surface area contributed by atoms with E-state index in [4.69, 9.17) is 0 Å². The summed E-state index contributed by atoms with van der Waals surface area (Å²) < 4.78 is 12.9. The monoisotopic (exact) mass is 352 g/mol. The normalized spacial score (nSPS) is 10.3. The molecule has 1 heterocycles. The van der Waals surface area contributed by atoms with Crippen molar-refractivity contribution >= 4 is 11.8 Å². The molecule has 0 aliphatic heterocycles. The van der Waals surface area contributed by atoms with E-state index in [9.17, 15) is 14.0 Å². The van der Waals surface area contributed by atoms with Gasteiger partial charge in [-0.25, -0.2) is 9.37 Å². The lowest BCUT2D eigenvalue weighted by molar-refractivity contribution is 0.0928. The van der Waals surface area contributed by atoms with Gasteiger partial charge in [-0.3, -0.25) is 9.59 Å². The molecule has 0 unspecified atom stereocenters. The lowest BCUT2D eigenvalue weighted by Gasteiger charge is -2.09. The summed E-state index contributed by atoms with van der Waals surface area (Å²) in [5.74, 6) is -0.368. The van der Waals surface area contributed by atoms with E-state index in [1.165, 1.54) is 24.3 Å². The number of carbonyl (C=O) groups is 2. The van der Waals surface area contributed by atoms with Crippen LogP contribution in [0.5, 0.6) is 0 Å². The summed E-state index contributed by atoms with van der Waals surface area (Å²) in [6.45, 7) is 0.517. The Morgan fingerprint density at radius 2 is 1.65 bits per heavy atom. The number of nitrogens with zero attached hydrogens (tertiary/aromatic N) is 1. The highest BCUT2D eigenvalue weighted by Crippen LogP contribution is 2.19. The zero-order valence-electron chi connectivity index (χ0n) is 13.8. The Kier molecular flexibility index (Phi) is 5.38. The Labute approximate surface area is 149 Å². The first kappa shape index (κ1) is 17.3. The van der Waals surface area contributed by atoms with Crippen LogP contribution < -0.4 is 10.6 Å². The number of halogens is 1. The van der Waals surface area contributed by atoms with Gasteiger partial charge in [0.2, 0.25) is 0 Å². The molecule has 0 saturated heterocycles. The van der Waals surface area contributed by atoms with Crippen LogP contribution in [0.4, 0.5) is 4.39 Å². The third kappa shape index (κ3) is 4.13. The average molecular weight is 352 g/mol. The first-order chi connectivity index (χ1) is 12.6. The van der Waals surface area contributed by atoms with E-state index in [0.29, 0.717) is 22.5 Å². The quantitative estimate of drug-likeness (QED) is 0.595. The molecule has 0 spiro atoms. The number of carbonyl (C=O) groups excluding carboxylic acids is 2. The van der Waals surface area contributed by atoms with Gasteiger partial charge in [0.15, 0.2) is 0 Å². The van der Waals surface area contributed by atoms with Crippen molar-refractivity contribution in [3.8, 4) is 11.4 Å². The zero-order chi connectivity index (χ0) is 18.4. The number of aromatic nitrogens is 2. The molecule has 7 heteroatoms. The van der Waals surface area contributed by atoms with Crippen LogP contribution in [0.15, 0.2) is 60.9 Å². The molecular formula is C19H17FN4O2. The Morgan fingerprint density at radius 1 is 0.962 bits per heavy atom. The summed E-state index contributed by atoms with van der Waals surface area (Å²) in [4.78, 5) is 31.5. The van der Waals surface area contributed by atoms with Gasteiger partial charge in [-0.15, -0.1) is 0 Å². The maximum atomic E-state index is 12.9. The number of benzene rings is 2. The minimum Gasteiger partial charge on any atom is -0.350 e. The summed E-state index contributed by atoms with van der Waals surface area (Å²) in [6.07, 6.45) is 3.31. The zero-order valence-corrected chi connectivity index (χ0v) is 13.8. The molecule has 3 N–H and O–H groups in total. The fraction of sp³-hybridized carbons (Fsp3) is 0.105. The molecule has 132 valence electrons. The van der Waals surface area contributed by atoms with E-state index in [2.05, 4.69) is 20.6 Å². The van der Waals surface area contributed by atoms with Crippen molar-refractivity contribution in [2.75, 3.05) is 13.1 Å². The number of H-pyrrole nitrogens is 1. The summed E-state index contributed by atoms with van der Waals surface area (Å²) in [6, 6.07) is 12.4. The number of rotatable bonds is 6. The Hall–Kier alpha value is -3.48. The first-order valence-corrected chi connectivity index (χ1v) is 8.06. The molecule has 0 aliphatic rings. The minimum absolute atomic E-state index is 0.255. The highest BCUT2D eigenvalue weighted by Gasteiger charge is 2.13. The smallest absolute Gasteiger partial charge is 0.252 e. The fourth-order valence-corrected chi connectivity index (χ4v) is 2.45. The molecule has 6 nitrogen and oxygen atoms in total. The number of hydrogen-bond acceptors (Lipinski definition) is 3. The maximum absolute atomic E-state index is 12.9. The predicted octanol–water partition coefficient (Wildman–Crippen LogP) is 2.38. The minimum atomic E-state index is -0.399. The molecule has 2 aromatic carbocycles. The number of nitrogens with one attached hydrogen (secondary N) is 3. The van der Waals surface area contributed by atoms with Crippen LogP contribution >= 0.6 is 0 Å². The largest absolute Gasteiger partial charge is 0.350 e. The van der Waals surface area contributed by atoms with Gasteiger partial charge in [0.1, 0.15) is 11.6 Å². The van der Waals surface area contributed by atoms with Crippen LogP contribution in [0.2, 0.25) is 0 Å². The Morgan fingerprint density at radius 3 is 2.35 bits per heavy atom. The van der Waals surface area contributed by atoms with Crippen molar-refractivity contribution in [3.63, 3.8) is 0 Å². The van der Waals surface area contributed by atoms with Gasteiger partial charge < -0.3 is 15.6 Å². The molecule has 3 aromatic rings. The SMILES string of the molecule is O=C(NCCNC(=O)c1ccccc1-c1ncc[nH]1)c1ccc(F)cc1. The molecule has 2 amide bonds. The summed E-state index contributed by atoms with van der Waals surface area (Å²) in [5.41, 5.74) is 1.55. The first-order valence-electron chi connectivity index (χ1n) is 8.06. The van der Waals surface area contributed by atoms with Crippen molar-refractivity contribution in [2.24, 2.45) is 0 Å². The van der Waals surface area contributed by atoms with Crippen LogP contribution in [0.25, 0.3) is 11.4 Å². The highest BCUT2D eigenvalue weighted by molar-refractivity contribution is 6.00. The average Bonchev–Trinajstić information content (AvgIpc) is 3.20. The van der Waals surface area contributed by atoms with Crippen molar-refractivity contribution in [1.82, 2.24) is 20.6 Å². The van der Waals surface area contributed by atoms with Crippen LogP contribution in [0, 0.1) is 5.82 Å². The standard InChI is InChI=1S/C19H17FN4O2/c20-14-7-5-13(6-8-14)18(25)23-11-12-24-19(26)16-4-2-1-3-15(16)17-21-9-10-22-17/h1-10H,11-12H2,(H,21,22)(H,23,25)(H,24,26). The van der Waals surface area contributed by atoms with Crippen LogP contribution in [-0.4, -0.2) is 34.9 Å². The van der Waals surface area contributed by atoms with Gasteiger partial charge in [-0.1, -0.05) is 18.2 Å². The van der Waals surface area contributed by atoms with E-state index in [-0.39, 0.29) is 24.9 Å². The van der Waals surface area contributed by atoms with E-state index >= 15 is 0 Å². The van der Waals surface area contributed by atoms with E-state index in [1.54, 1.807) is 24.5 Å². The molecule has 0 saturated carbocycles. The fourth-order valence-electron chi connectivity index (χ4n) is 2.45. The molecule has 0 radical (unpaired) electrons. The summed E-state index contributed by atoms with van der Waals surface area (Å²) in [5, 5.41) is 5.43. The second-order valence-corrected chi connectivity index (χ2v) is 5.50. The Balaban J connectivity index is 1.54. The Bertz CT molecular complexity index is 892. The summed E-state index contributed by atoms with van der Waals surface area (Å²) >= 11 is 0. The highest BCUT2D eigenvalue weighted by atomic mass is 19.1. The number of aromatic amines is 1. The van der Waals surface area contributed by atoms with Gasteiger partial charge >= 0.3 is 0 Å². The van der Waals surface area contributed by atoms with Gasteiger partial charge in [0.05, 0.1) is 5.56 Å². The number of amides is 2. The number of imidazole rings is 1. The third-order valence-electron chi connectivity index (χ3n) is 3.73. The number of hydrogen-bond donors (Lipinski definition) is 3. The second kappa shape index (κ2) is 8.06. The van der Waals surface area contributed by atoms with E-state index in [0.717, 1.165) is 0 Å². The van der Waals surface area contributed by atoms with Crippen LogP contribution in [-0.2, 0) is 0 Å². The maximum Gasteiger partial charge on any atom is 0.252 e. The van der Waals surface area contributed by atoms with Crippen LogP contribution in [0.1, 0.15) is 20.7 Å². The van der Waals surface area contributed by atoms with Crippen molar-refractivity contribution in [3.05, 3.63) is 77.9 Å². The van der Waals surface area contributed by atoms with Crippen molar-refractivity contribution in [1.29, 1.82) is 0 Å². The van der Waals surface area contributed by atoms with E-state index in [1.807, 2.05) is 12.1 Å².